The molecule has 1 aromatic rings. The topological polar surface area (TPSA) is 66.4 Å². The summed E-state index contributed by atoms with van der Waals surface area (Å²) in [7, 11) is 0. The molecular formula is C18H21F2NO3. The molecule has 4 atom stereocenters. The molecule has 6 heteroatoms. The Labute approximate surface area is 139 Å². The average Bonchev–Trinajstić information content (AvgIpc) is 3.27. The zero-order valence-electron chi connectivity index (χ0n) is 13.5. The number of amides is 1. The summed E-state index contributed by atoms with van der Waals surface area (Å²) in [4.78, 5) is 24.0. The number of carboxylic acid groups (broad SMARTS) is 1. The summed E-state index contributed by atoms with van der Waals surface area (Å²) in [5, 5.41) is 12.3. The van der Waals surface area contributed by atoms with Gasteiger partial charge in [-0.3, -0.25) is 9.59 Å². The second-order valence-electron chi connectivity index (χ2n) is 7.16. The van der Waals surface area contributed by atoms with Gasteiger partial charge in [0, 0.05) is 12.0 Å². The van der Waals surface area contributed by atoms with Gasteiger partial charge in [0.05, 0.1) is 11.5 Å². The van der Waals surface area contributed by atoms with Crippen LogP contribution in [0.15, 0.2) is 18.2 Å². The lowest BCUT2D eigenvalue weighted by Crippen LogP contribution is -2.55. The number of hydrogen-bond donors (Lipinski definition) is 2. The largest absolute Gasteiger partial charge is 0.481 e. The van der Waals surface area contributed by atoms with Gasteiger partial charge < -0.3 is 10.4 Å². The Hall–Kier alpha value is -1.98. The van der Waals surface area contributed by atoms with Crippen molar-refractivity contribution in [3.63, 3.8) is 0 Å². The fourth-order valence-corrected chi connectivity index (χ4v) is 3.88. The Balaban J connectivity index is 1.69. The first kappa shape index (κ1) is 16.9. The number of nitrogens with one attached hydrogen (secondary N) is 1. The van der Waals surface area contributed by atoms with Crippen LogP contribution in [-0.4, -0.2) is 22.5 Å². The molecule has 0 spiro atoms. The van der Waals surface area contributed by atoms with Gasteiger partial charge in [0.2, 0.25) is 5.91 Å². The lowest BCUT2D eigenvalue weighted by molar-refractivity contribution is -0.146. The molecule has 4 unspecified atom stereocenters. The fraction of sp³-hybridized carbons (Fsp3) is 0.556. The molecular weight excluding hydrogens is 316 g/mol. The molecule has 0 bridgehead atoms. The molecule has 24 heavy (non-hydrogen) atoms. The Bertz CT molecular complexity index is 678. The lowest BCUT2D eigenvalue weighted by Gasteiger charge is -2.40. The summed E-state index contributed by atoms with van der Waals surface area (Å²) in [5.41, 5.74) is -0.421. The van der Waals surface area contributed by atoms with Crippen molar-refractivity contribution in [1.29, 1.82) is 0 Å². The molecule has 2 saturated carbocycles. The normalized spacial score (nSPS) is 32.2. The minimum absolute atomic E-state index is 0.237. The average molecular weight is 337 g/mol. The van der Waals surface area contributed by atoms with E-state index in [1.807, 2.05) is 0 Å². The van der Waals surface area contributed by atoms with Gasteiger partial charge in [-0.15, -0.1) is 0 Å². The van der Waals surface area contributed by atoms with Crippen LogP contribution in [0.3, 0.4) is 0 Å². The highest BCUT2D eigenvalue weighted by Crippen LogP contribution is 2.49. The van der Waals surface area contributed by atoms with Crippen molar-refractivity contribution in [2.75, 3.05) is 0 Å². The molecule has 0 aliphatic heterocycles. The number of hydrogen-bond acceptors (Lipinski definition) is 2. The van der Waals surface area contributed by atoms with Crippen molar-refractivity contribution >= 4 is 11.9 Å². The number of carbonyl (C=O) groups excluding carboxylic acids is 1. The van der Waals surface area contributed by atoms with Gasteiger partial charge in [-0.2, -0.15) is 0 Å². The third-order valence-corrected chi connectivity index (χ3v) is 5.40. The van der Waals surface area contributed by atoms with Gasteiger partial charge in [0.1, 0.15) is 11.6 Å². The summed E-state index contributed by atoms with van der Waals surface area (Å²) in [6.07, 6.45) is 3.39. The highest BCUT2D eigenvalue weighted by Gasteiger charge is 2.49. The smallest absolute Gasteiger partial charge is 0.308 e. The lowest BCUT2D eigenvalue weighted by atomic mass is 9.73. The maximum atomic E-state index is 13.8. The number of aliphatic carboxylic acids is 1. The molecule has 4 nitrogen and oxygen atoms in total. The maximum Gasteiger partial charge on any atom is 0.308 e. The predicted molar refractivity (Wildman–Crippen MR) is 83.3 cm³/mol. The van der Waals surface area contributed by atoms with Crippen LogP contribution in [0.25, 0.3) is 0 Å². The van der Waals surface area contributed by atoms with Crippen LogP contribution in [0, 0.1) is 23.5 Å². The Morgan fingerprint density at radius 1 is 1.29 bits per heavy atom. The first-order valence-corrected chi connectivity index (χ1v) is 8.31. The van der Waals surface area contributed by atoms with Crippen LogP contribution in [0.2, 0.25) is 0 Å². The van der Waals surface area contributed by atoms with E-state index in [0.29, 0.717) is 24.8 Å². The number of carbonyl (C=O) groups is 2. The van der Waals surface area contributed by atoms with E-state index in [2.05, 4.69) is 5.32 Å². The van der Waals surface area contributed by atoms with Gasteiger partial charge >= 0.3 is 5.97 Å². The molecule has 0 saturated heterocycles. The van der Waals surface area contributed by atoms with Gasteiger partial charge in [0.25, 0.3) is 0 Å². The second kappa shape index (κ2) is 6.15. The monoisotopic (exact) mass is 337 g/mol. The van der Waals surface area contributed by atoms with Crippen molar-refractivity contribution < 1.29 is 23.5 Å². The van der Waals surface area contributed by atoms with Crippen molar-refractivity contribution in [2.45, 2.75) is 50.5 Å². The third kappa shape index (κ3) is 3.14. The minimum atomic E-state index is -0.894. The van der Waals surface area contributed by atoms with Crippen LogP contribution in [-0.2, 0) is 9.59 Å². The van der Waals surface area contributed by atoms with Gasteiger partial charge in [-0.25, -0.2) is 8.78 Å². The van der Waals surface area contributed by atoms with Crippen LogP contribution in [0.1, 0.15) is 50.5 Å². The Kier molecular flexibility index (Phi) is 4.32. The van der Waals surface area contributed by atoms with E-state index in [4.69, 9.17) is 0 Å². The van der Waals surface area contributed by atoms with E-state index in [0.717, 1.165) is 18.9 Å². The SMILES string of the molecule is CC1(NC(=O)C2CC2c2ccc(F)cc2F)CCCCC1C(=O)O. The molecule has 3 rings (SSSR count). The number of benzene rings is 1. The number of carboxylic acids is 1. The van der Waals surface area contributed by atoms with E-state index in [1.54, 1.807) is 6.92 Å². The Morgan fingerprint density at radius 3 is 2.71 bits per heavy atom. The molecule has 2 fully saturated rings. The van der Waals surface area contributed by atoms with E-state index in [9.17, 15) is 23.5 Å². The summed E-state index contributed by atoms with van der Waals surface area (Å²) >= 11 is 0. The van der Waals surface area contributed by atoms with Crippen molar-refractivity contribution in [3.05, 3.63) is 35.4 Å². The van der Waals surface area contributed by atoms with Gasteiger partial charge in [0.15, 0.2) is 0 Å². The summed E-state index contributed by atoms with van der Waals surface area (Å²) in [6, 6.07) is 3.39. The quantitative estimate of drug-likeness (QED) is 0.886. The van der Waals surface area contributed by atoms with Crippen molar-refractivity contribution in [3.8, 4) is 0 Å². The van der Waals surface area contributed by atoms with Crippen molar-refractivity contribution in [1.82, 2.24) is 5.32 Å². The van der Waals surface area contributed by atoms with E-state index in [-0.39, 0.29) is 17.7 Å². The van der Waals surface area contributed by atoms with Crippen LogP contribution in [0.4, 0.5) is 8.78 Å². The molecule has 0 aromatic heterocycles. The third-order valence-electron chi connectivity index (χ3n) is 5.40. The number of rotatable bonds is 4. The molecule has 2 N–H and O–H groups in total. The molecule has 130 valence electrons. The highest BCUT2D eigenvalue weighted by molar-refractivity contribution is 5.84. The number of halogens is 2. The molecule has 0 heterocycles. The van der Waals surface area contributed by atoms with E-state index >= 15 is 0 Å². The zero-order chi connectivity index (χ0) is 17.5. The van der Waals surface area contributed by atoms with Crippen LogP contribution in [0.5, 0.6) is 0 Å². The Morgan fingerprint density at radius 2 is 2.04 bits per heavy atom. The summed E-state index contributed by atoms with van der Waals surface area (Å²) in [6.45, 7) is 1.78. The fourth-order valence-electron chi connectivity index (χ4n) is 3.88. The van der Waals surface area contributed by atoms with E-state index in [1.165, 1.54) is 12.1 Å². The molecule has 1 aromatic carbocycles. The van der Waals surface area contributed by atoms with Crippen LogP contribution >= 0.6 is 0 Å². The highest BCUT2D eigenvalue weighted by atomic mass is 19.1. The van der Waals surface area contributed by atoms with Crippen molar-refractivity contribution in [2.24, 2.45) is 11.8 Å². The predicted octanol–water partition coefficient (Wildman–Crippen LogP) is 3.22. The second-order valence-corrected chi connectivity index (χ2v) is 7.16. The maximum absolute atomic E-state index is 13.8. The van der Waals surface area contributed by atoms with Gasteiger partial charge in [-0.1, -0.05) is 18.9 Å². The first-order valence-electron chi connectivity index (χ1n) is 8.31. The molecule has 2 aliphatic rings. The first-order chi connectivity index (χ1) is 11.3. The minimum Gasteiger partial charge on any atom is -0.481 e. The summed E-state index contributed by atoms with van der Waals surface area (Å²) in [5.74, 6) is -3.65. The zero-order valence-corrected chi connectivity index (χ0v) is 13.5. The molecule has 1 amide bonds. The molecule has 0 radical (unpaired) electrons. The van der Waals surface area contributed by atoms with E-state index < -0.39 is 29.1 Å². The van der Waals surface area contributed by atoms with Gasteiger partial charge in [-0.05, 0) is 43.7 Å². The van der Waals surface area contributed by atoms with Crippen LogP contribution < -0.4 is 5.32 Å². The molecule has 2 aliphatic carbocycles. The summed E-state index contributed by atoms with van der Waals surface area (Å²) < 4.78 is 26.8. The standard InChI is InChI=1S/C18H21F2NO3/c1-18(7-3-2-4-14(18)17(23)24)21-16(22)13-9-12(13)11-6-5-10(19)8-15(11)20/h5-6,8,12-14H,2-4,7,9H2,1H3,(H,21,22)(H,23,24).